The second-order valence-electron chi connectivity index (χ2n) is 4.20. The lowest BCUT2D eigenvalue weighted by molar-refractivity contribution is -0.116. The summed E-state index contributed by atoms with van der Waals surface area (Å²) in [6.07, 6.45) is 8.57. The Morgan fingerprint density at radius 2 is 2.40 bits per heavy atom. The first-order valence-electron chi connectivity index (χ1n) is 6.33. The number of carbonyl (C=O) groups is 1. The molecule has 20 heavy (non-hydrogen) atoms. The van der Waals surface area contributed by atoms with E-state index in [1.54, 1.807) is 25.7 Å². The SMILES string of the molecule is COc1cccc(/C=C/C(=O)NCCn2ccnc2)c1. The van der Waals surface area contributed by atoms with Crippen molar-refractivity contribution in [3.63, 3.8) is 0 Å². The van der Waals surface area contributed by atoms with Crippen molar-refractivity contribution in [3.05, 3.63) is 54.6 Å². The van der Waals surface area contributed by atoms with E-state index >= 15 is 0 Å². The van der Waals surface area contributed by atoms with E-state index in [0.29, 0.717) is 13.1 Å². The zero-order chi connectivity index (χ0) is 14.2. The van der Waals surface area contributed by atoms with Gasteiger partial charge in [-0.15, -0.1) is 0 Å². The number of carbonyl (C=O) groups excluding carboxylic acids is 1. The molecule has 0 aliphatic rings. The van der Waals surface area contributed by atoms with Crippen LogP contribution in [0.5, 0.6) is 5.75 Å². The number of ether oxygens (including phenoxy) is 1. The van der Waals surface area contributed by atoms with Crippen molar-refractivity contribution in [1.82, 2.24) is 14.9 Å². The molecule has 104 valence electrons. The fourth-order valence-corrected chi connectivity index (χ4v) is 1.70. The average molecular weight is 271 g/mol. The highest BCUT2D eigenvalue weighted by molar-refractivity contribution is 5.91. The number of imidazole rings is 1. The number of nitrogens with zero attached hydrogens (tertiary/aromatic N) is 2. The molecule has 0 spiro atoms. The van der Waals surface area contributed by atoms with Crippen molar-refractivity contribution in [2.45, 2.75) is 6.54 Å². The van der Waals surface area contributed by atoms with Crippen LogP contribution in [0.1, 0.15) is 5.56 Å². The molecule has 5 nitrogen and oxygen atoms in total. The van der Waals surface area contributed by atoms with Crippen LogP contribution >= 0.6 is 0 Å². The van der Waals surface area contributed by atoms with Gasteiger partial charge in [0.2, 0.25) is 5.91 Å². The second-order valence-corrected chi connectivity index (χ2v) is 4.20. The largest absolute Gasteiger partial charge is 0.497 e. The summed E-state index contributed by atoms with van der Waals surface area (Å²) in [4.78, 5) is 15.6. The maximum absolute atomic E-state index is 11.6. The fraction of sp³-hybridized carbons (Fsp3) is 0.200. The molecule has 0 radical (unpaired) electrons. The molecule has 0 unspecified atom stereocenters. The molecular weight excluding hydrogens is 254 g/mol. The Hall–Kier alpha value is -2.56. The topological polar surface area (TPSA) is 56.1 Å². The molecule has 2 rings (SSSR count). The van der Waals surface area contributed by atoms with E-state index in [9.17, 15) is 4.79 Å². The zero-order valence-electron chi connectivity index (χ0n) is 11.3. The van der Waals surface area contributed by atoms with Crippen molar-refractivity contribution in [2.24, 2.45) is 0 Å². The van der Waals surface area contributed by atoms with Gasteiger partial charge in [0, 0.05) is 31.6 Å². The number of nitrogens with one attached hydrogen (secondary N) is 1. The van der Waals surface area contributed by atoms with Gasteiger partial charge in [-0.25, -0.2) is 4.98 Å². The number of hydrogen-bond donors (Lipinski definition) is 1. The van der Waals surface area contributed by atoms with Crippen LogP contribution in [-0.4, -0.2) is 29.1 Å². The third-order valence-electron chi connectivity index (χ3n) is 2.75. The minimum atomic E-state index is -0.118. The van der Waals surface area contributed by atoms with Gasteiger partial charge in [0.05, 0.1) is 13.4 Å². The van der Waals surface area contributed by atoms with Crippen LogP contribution in [0.15, 0.2) is 49.1 Å². The van der Waals surface area contributed by atoms with Crippen LogP contribution in [0, 0.1) is 0 Å². The Labute approximate surface area is 117 Å². The van der Waals surface area contributed by atoms with Gasteiger partial charge in [0.25, 0.3) is 0 Å². The third kappa shape index (κ3) is 4.28. The third-order valence-corrected chi connectivity index (χ3v) is 2.75. The summed E-state index contributed by atoms with van der Waals surface area (Å²) in [5.41, 5.74) is 0.925. The summed E-state index contributed by atoms with van der Waals surface area (Å²) in [6, 6.07) is 7.53. The number of amides is 1. The molecule has 0 saturated heterocycles. The Kier molecular flexibility index (Phi) is 4.94. The molecule has 1 aromatic heterocycles. The lowest BCUT2D eigenvalue weighted by Crippen LogP contribution is -2.25. The van der Waals surface area contributed by atoms with Gasteiger partial charge in [-0.2, -0.15) is 0 Å². The van der Waals surface area contributed by atoms with Gasteiger partial charge < -0.3 is 14.6 Å². The molecule has 1 aromatic carbocycles. The van der Waals surface area contributed by atoms with Crippen LogP contribution in [0.25, 0.3) is 6.08 Å². The highest BCUT2D eigenvalue weighted by Gasteiger charge is 1.96. The number of aromatic nitrogens is 2. The molecule has 0 fully saturated rings. The maximum atomic E-state index is 11.6. The molecule has 0 aliphatic heterocycles. The van der Waals surface area contributed by atoms with E-state index in [0.717, 1.165) is 11.3 Å². The van der Waals surface area contributed by atoms with Crippen molar-refractivity contribution < 1.29 is 9.53 Å². The average Bonchev–Trinajstić information content (AvgIpc) is 2.98. The van der Waals surface area contributed by atoms with E-state index in [1.165, 1.54) is 6.08 Å². The smallest absolute Gasteiger partial charge is 0.244 e. The van der Waals surface area contributed by atoms with E-state index < -0.39 is 0 Å². The molecule has 0 atom stereocenters. The van der Waals surface area contributed by atoms with Gasteiger partial charge in [-0.3, -0.25) is 4.79 Å². The minimum absolute atomic E-state index is 0.118. The molecule has 1 N–H and O–H groups in total. The van der Waals surface area contributed by atoms with Crippen LogP contribution in [0.2, 0.25) is 0 Å². The van der Waals surface area contributed by atoms with Crippen LogP contribution in [0.4, 0.5) is 0 Å². The maximum Gasteiger partial charge on any atom is 0.244 e. The summed E-state index contributed by atoms with van der Waals surface area (Å²) in [5, 5.41) is 2.81. The summed E-state index contributed by atoms with van der Waals surface area (Å²) >= 11 is 0. The van der Waals surface area contributed by atoms with E-state index in [4.69, 9.17) is 4.74 Å². The number of rotatable bonds is 6. The quantitative estimate of drug-likeness (QED) is 0.814. The molecule has 0 bridgehead atoms. The van der Waals surface area contributed by atoms with Gasteiger partial charge in [-0.1, -0.05) is 12.1 Å². The van der Waals surface area contributed by atoms with Crippen molar-refractivity contribution in [1.29, 1.82) is 0 Å². The van der Waals surface area contributed by atoms with Crippen LogP contribution < -0.4 is 10.1 Å². The Morgan fingerprint density at radius 3 is 3.15 bits per heavy atom. The second kappa shape index (κ2) is 7.13. The van der Waals surface area contributed by atoms with Gasteiger partial charge in [0.15, 0.2) is 0 Å². The predicted octanol–water partition coefficient (Wildman–Crippen LogP) is 1.72. The molecule has 2 aromatic rings. The fourth-order valence-electron chi connectivity index (χ4n) is 1.70. The summed E-state index contributed by atoms with van der Waals surface area (Å²) in [6.45, 7) is 1.27. The first-order chi connectivity index (χ1) is 9.78. The standard InChI is InChI=1S/C15H17N3O2/c1-20-14-4-2-3-13(11-14)5-6-15(19)17-8-10-18-9-7-16-12-18/h2-7,9,11-12H,8,10H2,1H3,(H,17,19)/b6-5+. The Morgan fingerprint density at radius 1 is 1.50 bits per heavy atom. The molecule has 0 saturated carbocycles. The number of benzene rings is 1. The Balaban J connectivity index is 1.79. The van der Waals surface area contributed by atoms with E-state index in [-0.39, 0.29) is 5.91 Å². The van der Waals surface area contributed by atoms with Gasteiger partial charge in [-0.05, 0) is 23.8 Å². The van der Waals surface area contributed by atoms with Crippen LogP contribution in [-0.2, 0) is 11.3 Å². The summed E-state index contributed by atoms with van der Waals surface area (Å²) < 4.78 is 7.03. The zero-order valence-corrected chi connectivity index (χ0v) is 11.3. The number of hydrogen-bond acceptors (Lipinski definition) is 3. The van der Waals surface area contributed by atoms with Crippen LogP contribution in [0.3, 0.4) is 0 Å². The highest BCUT2D eigenvalue weighted by atomic mass is 16.5. The minimum Gasteiger partial charge on any atom is -0.497 e. The van der Waals surface area contributed by atoms with Gasteiger partial charge >= 0.3 is 0 Å². The molecule has 0 aliphatic carbocycles. The lowest BCUT2D eigenvalue weighted by Gasteiger charge is -2.03. The lowest BCUT2D eigenvalue weighted by atomic mass is 10.2. The highest BCUT2D eigenvalue weighted by Crippen LogP contribution is 2.13. The van der Waals surface area contributed by atoms with E-state index in [1.807, 2.05) is 35.0 Å². The summed E-state index contributed by atoms with van der Waals surface area (Å²) in [7, 11) is 1.62. The molecule has 1 amide bonds. The molecule has 5 heteroatoms. The molecular formula is C15H17N3O2. The van der Waals surface area contributed by atoms with E-state index in [2.05, 4.69) is 10.3 Å². The molecule has 1 heterocycles. The number of methoxy groups -OCH3 is 1. The first kappa shape index (κ1) is 13.9. The predicted molar refractivity (Wildman–Crippen MR) is 77.3 cm³/mol. The monoisotopic (exact) mass is 271 g/mol. The first-order valence-corrected chi connectivity index (χ1v) is 6.33. The van der Waals surface area contributed by atoms with Crippen molar-refractivity contribution >= 4 is 12.0 Å². The summed E-state index contributed by atoms with van der Waals surface area (Å²) in [5.74, 6) is 0.653. The van der Waals surface area contributed by atoms with Crippen molar-refractivity contribution in [2.75, 3.05) is 13.7 Å². The van der Waals surface area contributed by atoms with Gasteiger partial charge in [0.1, 0.15) is 5.75 Å². The normalized spacial score (nSPS) is 10.7. The Bertz CT molecular complexity index is 577. The van der Waals surface area contributed by atoms with Crippen molar-refractivity contribution in [3.8, 4) is 5.75 Å².